The van der Waals surface area contributed by atoms with E-state index >= 15 is 0 Å². The highest BCUT2D eigenvalue weighted by atomic mass is 19.1. The van der Waals surface area contributed by atoms with Gasteiger partial charge in [-0.1, -0.05) is 48.5 Å². The Morgan fingerprint density at radius 1 is 1.03 bits per heavy atom. The maximum atomic E-state index is 14.0. The van der Waals surface area contributed by atoms with E-state index in [9.17, 15) is 18.8 Å². The van der Waals surface area contributed by atoms with Crippen LogP contribution >= 0.6 is 0 Å². The second-order valence-corrected chi connectivity index (χ2v) is 9.54. The lowest BCUT2D eigenvalue weighted by molar-refractivity contribution is -0.125. The van der Waals surface area contributed by atoms with Gasteiger partial charge >= 0.3 is 6.03 Å². The molecule has 0 spiro atoms. The number of aromatic nitrogens is 1. The first-order valence-electron chi connectivity index (χ1n) is 12.3. The van der Waals surface area contributed by atoms with Crippen LogP contribution in [0, 0.1) is 5.82 Å². The summed E-state index contributed by atoms with van der Waals surface area (Å²) in [7, 11) is 0. The van der Waals surface area contributed by atoms with E-state index in [1.807, 2.05) is 24.3 Å². The van der Waals surface area contributed by atoms with Crippen molar-refractivity contribution in [2.75, 3.05) is 18.0 Å². The van der Waals surface area contributed by atoms with Gasteiger partial charge in [-0.3, -0.25) is 9.59 Å². The summed E-state index contributed by atoms with van der Waals surface area (Å²) in [6, 6.07) is 20.4. The van der Waals surface area contributed by atoms with Crippen molar-refractivity contribution < 1.29 is 18.8 Å². The van der Waals surface area contributed by atoms with Gasteiger partial charge < -0.3 is 15.2 Å². The van der Waals surface area contributed by atoms with Crippen LogP contribution in [0.2, 0.25) is 0 Å². The molecule has 1 atom stereocenters. The number of amides is 4. The fourth-order valence-electron chi connectivity index (χ4n) is 5.57. The molecule has 7 nitrogen and oxygen atoms in total. The van der Waals surface area contributed by atoms with Crippen molar-refractivity contribution in [2.45, 2.75) is 25.3 Å². The molecule has 0 bridgehead atoms. The van der Waals surface area contributed by atoms with Gasteiger partial charge in [-0.15, -0.1) is 0 Å². The molecule has 8 heteroatoms. The van der Waals surface area contributed by atoms with Crippen LogP contribution in [0.15, 0.2) is 72.8 Å². The molecule has 0 aliphatic carbocycles. The van der Waals surface area contributed by atoms with E-state index in [1.165, 1.54) is 6.07 Å². The number of urea groups is 1. The summed E-state index contributed by atoms with van der Waals surface area (Å²) < 4.78 is 13.9. The van der Waals surface area contributed by atoms with E-state index in [-0.39, 0.29) is 23.6 Å². The molecule has 37 heavy (non-hydrogen) atoms. The first kappa shape index (κ1) is 23.0. The minimum atomic E-state index is -1.21. The Labute approximate surface area is 212 Å². The predicted molar refractivity (Wildman–Crippen MR) is 138 cm³/mol. The Hall–Kier alpha value is -4.46. The lowest BCUT2D eigenvalue weighted by Crippen LogP contribution is -2.49. The van der Waals surface area contributed by atoms with Crippen LogP contribution in [0.25, 0.3) is 10.9 Å². The van der Waals surface area contributed by atoms with Gasteiger partial charge in [0.1, 0.15) is 5.82 Å². The monoisotopic (exact) mass is 496 g/mol. The molecule has 0 radical (unpaired) electrons. The summed E-state index contributed by atoms with van der Waals surface area (Å²) in [6.07, 6.45) is 0.942. The first-order chi connectivity index (χ1) is 17.9. The largest absolute Gasteiger partial charge is 0.356 e. The minimum Gasteiger partial charge on any atom is -0.356 e. The number of nitrogens with one attached hydrogen (secondary N) is 2. The third-order valence-electron chi connectivity index (χ3n) is 7.49. The number of carbonyl (C=O) groups excluding carboxylic acids is 3. The number of carbonyl (C=O) groups is 3. The second kappa shape index (κ2) is 8.58. The quantitative estimate of drug-likeness (QED) is 0.399. The van der Waals surface area contributed by atoms with Crippen LogP contribution < -0.4 is 10.2 Å². The van der Waals surface area contributed by atoms with Gasteiger partial charge in [0.25, 0.3) is 11.8 Å². The zero-order valence-electron chi connectivity index (χ0n) is 20.3. The first-order valence-corrected chi connectivity index (χ1v) is 12.3. The van der Waals surface area contributed by atoms with Crippen molar-refractivity contribution in [3.05, 3.63) is 101 Å². The average molecular weight is 497 g/mol. The Bertz CT molecular complexity index is 1580. The lowest BCUT2D eigenvalue weighted by atomic mass is 9.87. The molecule has 2 aliphatic rings. The molecule has 3 heterocycles. The number of rotatable bonds is 5. The molecule has 2 N–H and O–H groups in total. The third kappa shape index (κ3) is 3.43. The van der Waals surface area contributed by atoms with Crippen LogP contribution in [-0.4, -0.2) is 40.8 Å². The number of fused-ring (bicyclic) bond motifs is 5. The molecule has 6 rings (SSSR count). The number of hydrogen-bond donors (Lipinski definition) is 2. The van der Waals surface area contributed by atoms with Gasteiger partial charge in [0, 0.05) is 24.0 Å². The van der Waals surface area contributed by atoms with E-state index < -0.39 is 23.4 Å². The smallest absolute Gasteiger partial charge is 0.332 e. The average Bonchev–Trinajstić information content (AvgIpc) is 3.38. The normalized spacial score (nSPS) is 18.8. The minimum absolute atomic E-state index is 0.207. The zero-order chi connectivity index (χ0) is 25.7. The summed E-state index contributed by atoms with van der Waals surface area (Å²) in [5.41, 5.74) is 2.40. The number of H-pyrrole nitrogens is 1. The fourth-order valence-corrected chi connectivity index (χ4v) is 5.57. The van der Waals surface area contributed by atoms with Crippen LogP contribution in [0.5, 0.6) is 0 Å². The second-order valence-electron chi connectivity index (χ2n) is 9.54. The molecule has 0 saturated carbocycles. The fraction of sp³-hybridized carbons (Fsp3) is 0.207. The number of halogens is 1. The molecule has 1 saturated heterocycles. The Morgan fingerprint density at radius 2 is 1.76 bits per heavy atom. The van der Waals surface area contributed by atoms with E-state index in [0.29, 0.717) is 30.6 Å². The maximum Gasteiger partial charge on any atom is 0.332 e. The Balaban J connectivity index is 1.31. The molecule has 4 amide bonds. The van der Waals surface area contributed by atoms with Crippen molar-refractivity contribution in [1.82, 2.24) is 15.2 Å². The molecule has 2 aliphatic heterocycles. The van der Waals surface area contributed by atoms with Crippen molar-refractivity contribution in [2.24, 2.45) is 0 Å². The van der Waals surface area contributed by atoms with Crippen LogP contribution in [0.4, 0.5) is 14.9 Å². The number of benzene rings is 3. The molecular weight excluding hydrogens is 471 g/mol. The molecule has 1 aromatic heterocycles. The van der Waals surface area contributed by atoms with Gasteiger partial charge in [-0.25, -0.2) is 14.1 Å². The summed E-state index contributed by atoms with van der Waals surface area (Å²) in [5.74, 6) is -1.17. The maximum absolute atomic E-state index is 14.0. The van der Waals surface area contributed by atoms with E-state index in [0.717, 1.165) is 21.4 Å². The van der Waals surface area contributed by atoms with E-state index in [1.54, 1.807) is 54.3 Å². The number of anilines is 1. The number of nitrogens with zero attached hydrogens (tertiary/aromatic N) is 2. The topological polar surface area (TPSA) is 85.5 Å². The highest BCUT2D eigenvalue weighted by Crippen LogP contribution is 2.45. The van der Waals surface area contributed by atoms with Crippen LogP contribution in [-0.2, 0) is 23.2 Å². The number of aromatic amines is 1. The van der Waals surface area contributed by atoms with Crippen molar-refractivity contribution >= 4 is 34.4 Å². The number of imide groups is 1. The predicted octanol–water partition coefficient (Wildman–Crippen LogP) is 4.52. The van der Waals surface area contributed by atoms with E-state index in [4.69, 9.17) is 0 Å². The van der Waals surface area contributed by atoms with Gasteiger partial charge in [-0.05, 0) is 55.2 Å². The van der Waals surface area contributed by atoms with Gasteiger partial charge in [-0.2, -0.15) is 0 Å². The number of hydrogen-bond acceptors (Lipinski definition) is 3. The molecule has 0 unspecified atom stereocenters. The highest BCUT2D eigenvalue weighted by Gasteiger charge is 2.59. The molecule has 4 aromatic rings. The van der Waals surface area contributed by atoms with Crippen LogP contribution in [0.3, 0.4) is 0 Å². The summed E-state index contributed by atoms with van der Waals surface area (Å²) >= 11 is 0. The molecule has 186 valence electrons. The van der Waals surface area contributed by atoms with Gasteiger partial charge in [0.15, 0.2) is 5.54 Å². The standard InChI is InChI=1S/C29H25FN4O3/c1-29-25-20(19-9-3-6-12-23(19)32-25)15-17-33(29)28(37)34(27(29)36)24-13-7-4-10-21(24)26(35)31-16-14-18-8-2-5-11-22(18)30/h2-13,32H,14-17H2,1H3,(H,31,35)/t29-/m0/s1. The third-order valence-corrected chi connectivity index (χ3v) is 7.49. The van der Waals surface area contributed by atoms with Crippen LogP contribution in [0.1, 0.15) is 34.1 Å². The highest BCUT2D eigenvalue weighted by molar-refractivity contribution is 6.25. The SMILES string of the molecule is C[C@]12C(=O)N(c3ccccc3C(=O)NCCc3ccccc3F)C(=O)N1CCc1c2[nH]c2ccccc12. The van der Waals surface area contributed by atoms with Gasteiger partial charge in [0.05, 0.1) is 16.9 Å². The lowest BCUT2D eigenvalue weighted by Gasteiger charge is -2.35. The van der Waals surface area contributed by atoms with Crippen molar-refractivity contribution in [1.29, 1.82) is 0 Å². The molecule has 1 fully saturated rings. The molecular formula is C29H25FN4O3. The summed E-state index contributed by atoms with van der Waals surface area (Å²) in [4.78, 5) is 46.9. The van der Waals surface area contributed by atoms with Crippen molar-refractivity contribution in [3.63, 3.8) is 0 Å². The van der Waals surface area contributed by atoms with E-state index in [2.05, 4.69) is 10.3 Å². The summed E-state index contributed by atoms with van der Waals surface area (Å²) in [6.45, 7) is 2.36. The number of para-hydroxylation sites is 2. The van der Waals surface area contributed by atoms with Gasteiger partial charge in [0.2, 0.25) is 0 Å². The summed E-state index contributed by atoms with van der Waals surface area (Å²) in [5, 5.41) is 3.85. The molecule has 3 aromatic carbocycles. The van der Waals surface area contributed by atoms with Crippen molar-refractivity contribution in [3.8, 4) is 0 Å². The Morgan fingerprint density at radius 3 is 2.59 bits per heavy atom. The Kier molecular flexibility index (Phi) is 5.33. The zero-order valence-corrected chi connectivity index (χ0v) is 20.3.